The Morgan fingerprint density at radius 1 is 1.28 bits per heavy atom. The van der Waals surface area contributed by atoms with Gasteiger partial charge in [0.05, 0.1) is 17.1 Å². The topological polar surface area (TPSA) is 67.1 Å². The quantitative estimate of drug-likeness (QED) is 0.905. The second-order valence-electron chi connectivity index (χ2n) is 7.69. The summed E-state index contributed by atoms with van der Waals surface area (Å²) in [4.78, 5) is 11.5. The first-order chi connectivity index (χ1) is 12.1. The fraction of sp³-hybridized carbons (Fsp3) is 0.632. The molecule has 1 N–H and O–H groups in total. The monoisotopic (exact) mass is 341 g/mol. The summed E-state index contributed by atoms with van der Waals surface area (Å²) in [6, 6.07) is 4.11. The molecule has 1 saturated carbocycles. The van der Waals surface area contributed by atoms with Crippen molar-refractivity contribution in [3.05, 3.63) is 41.2 Å². The Morgan fingerprint density at radius 2 is 2.12 bits per heavy atom. The molecule has 1 aliphatic carbocycles. The van der Waals surface area contributed by atoms with Crippen molar-refractivity contribution in [3.63, 3.8) is 0 Å². The fourth-order valence-electron chi connectivity index (χ4n) is 3.49. The van der Waals surface area contributed by atoms with Crippen molar-refractivity contribution >= 4 is 0 Å². The van der Waals surface area contributed by atoms with E-state index in [1.165, 1.54) is 5.69 Å². The molecule has 6 nitrogen and oxygen atoms in total. The number of hydrogen-bond donors (Lipinski definition) is 1. The van der Waals surface area contributed by atoms with Crippen molar-refractivity contribution in [2.45, 2.75) is 64.8 Å². The van der Waals surface area contributed by atoms with E-state index in [-0.39, 0.29) is 6.10 Å². The van der Waals surface area contributed by atoms with Crippen LogP contribution in [0.5, 0.6) is 0 Å². The van der Waals surface area contributed by atoms with Crippen LogP contribution in [0.25, 0.3) is 0 Å². The second kappa shape index (κ2) is 6.84. The molecule has 0 spiro atoms. The first-order valence-electron chi connectivity index (χ1n) is 9.39. The minimum atomic E-state index is -0.386. The molecule has 0 saturated heterocycles. The van der Waals surface area contributed by atoms with E-state index in [4.69, 9.17) is 4.98 Å². The molecule has 25 heavy (non-hydrogen) atoms. The Labute approximate surface area is 148 Å². The standard InChI is InChI=1S/C19H27N5O/c1-13(2)19-20-7-6-15(21-19)11-23-8-3-9-24-16(12-23)10-17(22-24)18(25)14-4-5-14/h6-7,10,13-14,18,25H,3-5,8-9,11-12H2,1-2H3. The zero-order valence-corrected chi connectivity index (χ0v) is 15.1. The molecule has 1 atom stereocenters. The lowest BCUT2D eigenvalue weighted by Gasteiger charge is -2.19. The Bertz CT molecular complexity index is 737. The molecule has 0 bridgehead atoms. The number of aliphatic hydroxyl groups is 1. The van der Waals surface area contributed by atoms with Crippen molar-refractivity contribution in [2.24, 2.45) is 5.92 Å². The number of hydrogen-bond acceptors (Lipinski definition) is 5. The third-order valence-corrected chi connectivity index (χ3v) is 5.12. The van der Waals surface area contributed by atoms with Gasteiger partial charge in [-0.05, 0) is 37.3 Å². The molecule has 6 heteroatoms. The Hall–Kier alpha value is -1.79. The predicted octanol–water partition coefficient (Wildman–Crippen LogP) is 2.65. The smallest absolute Gasteiger partial charge is 0.131 e. The van der Waals surface area contributed by atoms with Gasteiger partial charge in [0.1, 0.15) is 11.9 Å². The Balaban J connectivity index is 1.48. The van der Waals surface area contributed by atoms with Gasteiger partial charge in [-0.15, -0.1) is 0 Å². The molecule has 2 aromatic heterocycles. The van der Waals surface area contributed by atoms with E-state index >= 15 is 0 Å². The van der Waals surface area contributed by atoms with Gasteiger partial charge in [-0.25, -0.2) is 9.97 Å². The molecule has 0 aromatic carbocycles. The van der Waals surface area contributed by atoms with Crippen LogP contribution >= 0.6 is 0 Å². The van der Waals surface area contributed by atoms with Crippen LogP contribution in [0.15, 0.2) is 18.3 Å². The Kier molecular flexibility index (Phi) is 4.56. The summed E-state index contributed by atoms with van der Waals surface area (Å²) < 4.78 is 2.08. The van der Waals surface area contributed by atoms with Gasteiger partial charge in [0.25, 0.3) is 0 Å². The van der Waals surface area contributed by atoms with Gasteiger partial charge >= 0.3 is 0 Å². The van der Waals surface area contributed by atoms with E-state index in [9.17, 15) is 5.11 Å². The summed E-state index contributed by atoms with van der Waals surface area (Å²) in [5.74, 6) is 1.68. The van der Waals surface area contributed by atoms with Crippen molar-refractivity contribution < 1.29 is 5.11 Å². The molecule has 0 radical (unpaired) electrons. The predicted molar refractivity (Wildman–Crippen MR) is 94.8 cm³/mol. The normalized spacial score (nSPS) is 19.7. The summed E-state index contributed by atoms with van der Waals surface area (Å²) >= 11 is 0. The minimum Gasteiger partial charge on any atom is -0.386 e. The zero-order valence-electron chi connectivity index (χ0n) is 15.1. The zero-order chi connectivity index (χ0) is 17.4. The number of aryl methyl sites for hydroxylation is 1. The molecule has 3 heterocycles. The van der Waals surface area contributed by atoms with E-state index in [1.807, 2.05) is 12.3 Å². The average Bonchev–Trinajstić information content (AvgIpc) is 3.39. The van der Waals surface area contributed by atoms with Crippen LogP contribution in [0.4, 0.5) is 0 Å². The molecule has 1 unspecified atom stereocenters. The third kappa shape index (κ3) is 3.75. The lowest BCUT2D eigenvalue weighted by Crippen LogP contribution is -2.23. The largest absolute Gasteiger partial charge is 0.386 e. The highest BCUT2D eigenvalue weighted by Gasteiger charge is 2.33. The molecule has 134 valence electrons. The second-order valence-corrected chi connectivity index (χ2v) is 7.69. The summed E-state index contributed by atoms with van der Waals surface area (Å²) in [5.41, 5.74) is 3.12. The fourth-order valence-corrected chi connectivity index (χ4v) is 3.49. The van der Waals surface area contributed by atoms with Crippen molar-refractivity contribution in [3.8, 4) is 0 Å². The number of fused-ring (bicyclic) bond motifs is 1. The molecular weight excluding hydrogens is 314 g/mol. The molecule has 1 fully saturated rings. The lowest BCUT2D eigenvalue weighted by atomic mass is 10.1. The van der Waals surface area contributed by atoms with E-state index < -0.39 is 0 Å². The number of aromatic nitrogens is 4. The maximum atomic E-state index is 10.4. The molecule has 4 rings (SSSR count). The number of nitrogens with zero attached hydrogens (tertiary/aromatic N) is 5. The van der Waals surface area contributed by atoms with Crippen LogP contribution < -0.4 is 0 Å². The maximum absolute atomic E-state index is 10.4. The van der Waals surface area contributed by atoms with Crippen LogP contribution in [0, 0.1) is 5.92 Å². The number of aliphatic hydroxyl groups excluding tert-OH is 1. The van der Waals surface area contributed by atoms with Crippen molar-refractivity contribution in [1.29, 1.82) is 0 Å². The van der Waals surface area contributed by atoms with E-state index in [0.29, 0.717) is 11.8 Å². The Morgan fingerprint density at radius 3 is 2.88 bits per heavy atom. The van der Waals surface area contributed by atoms with Gasteiger partial charge < -0.3 is 5.11 Å². The van der Waals surface area contributed by atoms with E-state index in [1.54, 1.807) is 0 Å². The molecule has 2 aliphatic rings. The van der Waals surface area contributed by atoms with E-state index in [2.05, 4.69) is 39.6 Å². The maximum Gasteiger partial charge on any atom is 0.131 e. The van der Waals surface area contributed by atoms with Gasteiger partial charge in [-0.2, -0.15) is 5.10 Å². The number of rotatable bonds is 5. The highest BCUT2D eigenvalue weighted by molar-refractivity contribution is 5.16. The molecule has 0 amide bonds. The van der Waals surface area contributed by atoms with Crippen LogP contribution in [0.3, 0.4) is 0 Å². The highest BCUT2D eigenvalue weighted by atomic mass is 16.3. The average molecular weight is 341 g/mol. The summed E-state index contributed by atoms with van der Waals surface area (Å²) in [6.45, 7) is 7.88. The molecule has 2 aromatic rings. The van der Waals surface area contributed by atoms with Gasteiger partial charge in [0.2, 0.25) is 0 Å². The summed E-state index contributed by atoms with van der Waals surface area (Å²) in [5, 5.41) is 15.0. The highest BCUT2D eigenvalue weighted by Crippen LogP contribution is 2.40. The lowest BCUT2D eigenvalue weighted by molar-refractivity contribution is 0.148. The van der Waals surface area contributed by atoms with Gasteiger partial charge in [0, 0.05) is 38.3 Å². The third-order valence-electron chi connectivity index (χ3n) is 5.12. The van der Waals surface area contributed by atoms with Crippen LogP contribution in [-0.2, 0) is 19.6 Å². The SMILES string of the molecule is CC(C)c1nccc(CN2CCCn3nc(C(O)C4CC4)cc3C2)n1. The van der Waals surface area contributed by atoms with Crippen LogP contribution in [-0.4, -0.2) is 36.3 Å². The van der Waals surface area contributed by atoms with Crippen molar-refractivity contribution in [1.82, 2.24) is 24.6 Å². The van der Waals surface area contributed by atoms with Crippen LogP contribution in [0.1, 0.15) is 68.0 Å². The molecular formula is C19H27N5O. The van der Waals surface area contributed by atoms with Gasteiger partial charge in [0.15, 0.2) is 0 Å². The van der Waals surface area contributed by atoms with Crippen LogP contribution in [0.2, 0.25) is 0 Å². The van der Waals surface area contributed by atoms with Gasteiger partial charge in [-0.3, -0.25) is 9.58 Å². The minimum absolute atomic E-state index is 0.344. The van der Waals surface area contributed by atoms with Gasteiger partial charge in [-0.1, -0.05) is 13.8 Å². The first-order valence-corrected chi connectivity index (χ1v) is 9.39. The summed E-state index contributed by atoms with van der Waals surface area (Å²) in [7, 11) is 0. The van der Waals surface area contributed by atoms with Crippen molar-refractivity contribution in [2.75, 3.05) is 6.54 Å². The van der Waals surface area contributed by atoms with E-state index in [0.717, 1.165) is 62.7 Å². The summed E-state index contributed by atoms with van der Waals surface area (Å²) in [6.07, 6.45) is 4.80. The molecule has 1 aliphatic heterocycles. The first kappa shape index (κ1) is 16.7.